The molecule has 19 heavy (non-hydrogen) atoms. The van der Waals surface area contributed by atoms with Gasteiger partial charge in [0.25, 0.3) is 0 Å². The molecule has 1 rings (SSSR count). The zero-order valence-corrected chi connectivity index (χ0v) is 12.8. The van der Waals surface area contributed by atoms with Crippen LogP contribution in [-0.4, -0.2) is 55.1 Å². The molecule has 0 saturated carbocycles. The van der Waals surface area contributed by atoms with Gasteiger partial charge in [-0.05, 0) is 19.4 Å². The molecule has 0 radical (unpaired) electrons. The van der Waals surface area contributed by atoms with E-state index in [-0.39, 0.29) is 6.03 Å². The zero-order chi connectivity index (χ0) is 13.9. The number of hydrogen-bond acceptors (Lipinski definition) is 2. The molecule has 1 saturated heterocycles. The Bertz CT molecular complexity index is 238. The Morgan fingerprint density at radius 1 is 0.947 bits per heavy atom. The van der Waals surface area contributed by atoms with Gasteiger partial charge in [-0.2, -0.15) is 0 Å². The van der Waals surface area contributed by atoms with E-state index in [1.165, 1.54) is 38.6 Å². The van der Waals surface area contributed by atoms with E-state index in [4.69, 9.17) is 0 Å². The molecule has 0 aromatic rings. The van der Waals surface area contributed by atoms with Gasteiger partial charge in [-0.1, -0.05) is 39.5 Å². The topological polar surface area (TPSA) is 35.6 Å². The molecule has 0 unspecified atom stereocenters. The summed E-state index contributed by atoms with van der Waals surface area (Å²) in [4.78, 5) is 16.4. The van der Waals surface area contributed by atoms with Crippen molar-refractivity contribution in [1.29, 1.82) is 0 Å². The van der Waals surface area contributed by atoms with E-state index in [9.17, 15) is 4.79 Å². The summed E-state index contributed by atoms with van der Waals surface area (Å²) in [6.07, 6.45) is 7.38. The number of urea groups is 1. The molecule has 112 valence electrons. The van der Waals surface area contributed by atoms with Gasteiger partial charge in [-0.15, -0.1) is 0 Å². The minimum absolute atomic E-state index is 0.129. The highest BCUT2D eigenvalue weighted by Crippen LogP contribution is 2.05. The van der Waals surface area contributed by atoms with Crippen molar-refractivity contribution in [2.75, 3.05) is 39.3 Å². The molecule has 4 heteroatoms. The van der Waals surface area contributed by atoms with E-state index >= 15 is 0 Å². The standard InChI is InChI=1S/C15H31N3O/c1-3-5-7-9-16-15(19)18-13-11-17(12-14-18)10-8-6-4-2/h3-14H2,1-2H3,(H,16,19). The summed E-state index contributed by atoms with van der Waals surface area (Å²) in [6, 6.07) is 0.129. The van der Waals surface area contributed by atoms with Gasteiger partial charge in [0, 0.05) is 32.7 Å². The molecule has 0 atom stereocenters. The summed E-state index contributed by atoms with van der Waals surface area (Å²) in [5.74, 6) is 0. The van der Waals surface area contributed by atoms with Crippen LogP contribution in [0.5, 0.6) is 0 Å². The summed E-state index contributed by atoms with van der Waals surface area (Å²) < 4.78 is 0. The van der Waals surface area contributed by atoms with Crippen molar-refractivity contribution in [3.8, 4) is 0 Å². The van der Waals surface area contributed by atoms with Gasteiger partial charge in [-0.25, -0.2) is 4.79 Å². The molecule has 1 heterocycles. The Labute approximate surface area is 118 Å². The number of hydrogen-bond donors (Lipinski definition) is 1. The second kappa shape index (κ2) is 10.1. The zero-order valence-electron chi connectivity index (χ0n) is 12.8. The minimum atomic E-state index is 0.129. The van der Waals surface area contributed by atoms with Crippen molar-refractivity contribution in [2.24, 2.45) is 0 Å². The monoisotopic (exact) mass is 269 g/mol. The second-order valence-electron chi connectivity index (χ2n) is 5.47. The number of unbranched alkanes of at least 4 members (excludes halogenated alkanes) is 4. The Kier molecular flexibility index (Phi) is 8.63. The fraction of sp³-hybridized carbons (Fsp3) is 0.933. The second-order valence-corrected chi connectivity index (χ2v) is 5.47. The normalized spacial score (nSPS) is 16.6. The number of nitrogens with one attached hydrogen (secondary N) is 1. The van der Waals surface area contributed by atoms with Crippen LogP contribution in [0.3, 0.4) is 0 Å². The van der Waals surface area contributed by atoms with E-state index in [0.29, 0.717) is 0 Å². The molecular formula is C15H31N3O. The number of carbonyl (C=O) groups excluding carboxylic acids is 1. The highest BCUT2D eigenvalue weighted by Gasteiger charge is 2.19. The molecule has 1 fully saturated rings. The molecule has 4 nitrogen and oxygen atoms in total. The quantitative estimate of drug-likeness (QED) is 0.688. The van der Waals surface area contributed by atoms with Gasteiger partial charge >= 0.3 is 6.03 Å². The molecule has 1 aliphatic heterocycles. The third-order valence-electron chi connectivity index (χ3n) is 3.79. The lowest BCUT2D eigenvalue weighted by molar-refractivity contribution is 0.138. The van der Waals surface area contributed by atoms with Crippen LogP contribution in [0.2, 0.25) is 0 Å². The predicted molar refractivity (Wildman–Crippen MR) is 80.5 cm³/mol. The van der Waals surface area contributed by atoms with Crippen LogP contribution in [-0.2, 0) is 0 Å². The number of nitrogens with zero attached hydrogens (tertiary/aromatic N) is 2. The molecule has 2 amide bonds. The van der Waals surface area contributed by atoms with Crippen LogP contribution >= 0.6 is 0 Å². The van der Waals surface area contributed by atoms with Crippen molar-refractivity contribution in [2.45, 2.75) is 52.4 Å². The molecule has 1 N–H and O–H groups in total. The third kappa shape index (κ3) is 6.81. The van der Waals surface area contributed by atoms with Crippen LogP contribution in [0.4, 0.5) is 4.79 Å². The summed E-state index contributed by atoms with van der Waals surface area (Å²) in [5, 5.41) is 3.02. The molecule has 0 aromatic heterocycles. The van der Waals surface area contributed by atoms with Crippen LogP contribution in [0, 0.1) is 0 Å². The van der Waals surface area contributed by atoms with Gasteiger partial charge in [0.15, 0.2) is 0 Å². The predicted octanol–water partition coefficient (Wildman–Crippen LogP) is 2.69. The molecule has 0 bridgehead atoms. The lowest BCUT2D eigenvalue weighted by Crippen LogP contribution is -2.51. The van der Waals surface area contributed by atoms with Gasteiger partial charge in [-0.3, -0.25) is 4.90 Å². The number of carbonyl (C=O) groups is 1. The summed E-state index contributed by atoms with van der Waals surface area (Å²) >= 11 is 0. The Hall–Kier alpha value is -0.770. The summed E-state index contributed by atoms with van der Waals surface area (Å²) in [5.41, 5.74) is 0. The van der Waals surface area contributed by atoms with Crippen LogP contribution in [0.25, 0.3) is 0 Å². The molecule has 0 spiro atoms. The van der Waals surface area contributed by atoms with Crippen molar-refractivity contribution in [3.05, 3.63) is 0 Å². The fourth-order valence-electron chi connectivity index (χ4n) is 2.44. The Morgan fingerprint density at radius 2 is 1.58 bits per heavy atom. The largest absolute Gasteiger partial charge is 0.338 e. The van der Waals surface area contributed by atoms with Gasteiger partial charge in [0.1, 0.15) is 0 Å². The average molecular weight is 269 g/mol. The number of amides is 2. The van der Waals surface area contributed by atoms with E-state index in [0.717, 1.165) is 39.1 Å². The minimum Gasteiger partial charge on any atom is -0.338 e. The molecule has 0 aliphatic carbocycles. The van der Waals surface area contributed by atoms with Crippen molar-refractivity contribution in [3.63, 3.8) is 0 Å². The first-order valence-electron chi connectivity index (χ1n) is 8.03. The van der Waals surface area contributed by atoms with E-state index in [1.807, 2.05) is 4.90 Å². The van der Waals surface area contributed by atoms with E-state index in [2.05, 4.69) is 24.1 Å². The van der Waals surface area contributed by atoms with Crippen LogP contribution in [0.1, 0.15) is 52.4 Å². The summed E-state index contributed by atoms with van der Waals surface area (Å²) in [6.45, 7) is 10.3. The first kappa shape index (κ1) is 16.3. The fourth-order valence-corrected chi connectivity index (χ4v) is 2.44. The Morgan fingerprint density at radius 3 is 2.21 bits per heavy atom. The van der Waals surface area contributed by atoms with E-state index in [1.54, 1.807) is 0 Å². The Balaban J connectivity index is 2.09. The smallest absolute Gasteiger partial charge is 0.317 e. The molecular weight excluding hydrogens is 238 g/mol. The maximum atomic E-state index is 11.9. The van der Waals surface area contributed by atoms with Gasteiger partial charge < -0.3 is 10.2 Å². The highest BCUT2D eigenvalue weighted by molar-refractivity contribution is 5.74. The molecule has 1 aliphatic rings. The van der Waals surface area contributed by atoms with Crippen LogP contribution < -0.4 is 5.32 Å². The average Bonchev–Trinajstić information content (AvgIpc) is 2.44. The van der Waals surface area contributed by atoms with Gasteiger partial charge in [0.05, 0.1) is 0 Å². The SMILES string of the molecule is CCCCCNC(=O)N1CCN(CCCCC)CC1. The lowest BCUT2D eigenvalue weighted by atomic mass is 10.2. The van der Waals surface area contributed by atoms with E-state index < -0.39 is 0 Å². The first-order valence-corrected chi connectivity index (χ1v) is 8.03. The molecule has 0 aromatic carbocycles. The third-order valence-corrected chi connectivity index (χ3v) is 3.79. The van der Waals surface area contributed by atoms with Crippen molar-refractivity contribution in [1.82, 2.24) is 15.1 Å². The van der Waals surface area contributed by atoms with Crippen LogP contribution in [0.15, 0.2) is 0 Å². The van der Waals surface area contributed by atoms with Crippen molar-refractivity contribution >= 4 is 6.03 Å². The maximum Gasteiger partial charge on any atom is 0.317 e. The van der Waals surface area contributed by atoms with Gasteiger partial charge in [0.2, 0.25) is 0 Å². The first-order chi connectivity index (χ1) is 9.27. The van der Waals surface area contributed by atoms with Crippen molar-refractivity contribution < 1.29 is 4.79 Å². The number of piperazine rings is 1. The maximum absolute atomic E-state index is 11.9. The number of rotatable bonds is 8. The highest BCUT2D eigenvalue weighted by atomic mass is 16.2. The lowest BCUT2D eigenvalue weighted by Gasteiger charge is -2.34. The summed E-state index contributed by atoms with van der Waals surface area (Å²) in [7, 11) is 0.